The molecular formula is C59H40N4. The molecule has 4 heteroatoms. The minimum absolute atomic E-state index is 0.509. The van der Waals surface area contributed by atoms with Crippen LogP contribution in [-0.4, -0.2) is 19.9 Å². The lowest BCUT2D eigenvalue weighted by Gasteiger charge is -2.31. The van der Waals surface area contributed by atoms with Gasteiger partial charge in [-0.3, -0.25) is 9.97 Å². The molecule has 4 aromatic heterocycles. The molecule has 0 N–H and O–H groups in total. The maximum Gasteiger partial charge on any atom is 0.0975 e. The topological polar surface area (TPSA) is 51.6 Å². The Morgan fingerprint density at radius 1 is 0.381 bits per heavy atom. The van der Waals surface area contributed by atoms with E-state index < -0.39 is 5.41 Å². The van der Waals surface area contributed by atoms with E-state index in [1.54, 1.807) is 0 Å². The first kappa shape index (κ1) is 33.6. The second-order valence-electron chi connectivity index (χ2n) is 19.4. The van der Waals surface area contributed by atoms with Gasteiger partial charge < -0.3 is 0 Å². The number of fused-ring (bicyclic) bond motifs is 28. The first-order chi connectivity index (χ1) is 31.2. The molecule has 10 aromatic rings. The lowest BCUT2D eigenvalue weighted by Crippen LogP contribution is -2.26. The zero-order valence-electron chi connectivity index (χ0n) is 34.7. The number of nitrogens with zero attached hydrogens (tertiary/aromatic N) is 4. The van der Waals surface area contributed by atoms with Crippen molar-refractivity contribution in [3.05, 3.63) is 190 Å². The Balaban J connectivity index is 0.982. The van der Waals surface area contributed by atoms with Gasteiger partial charge in [0.05, 0.1) is 38.9 Å². The maximum absolute atomic E-state index is 5.72. The third-order valence-electron chi connectivity index (χ3n) is 16.7. The fourth-order valence-electron chi connectivity index (χ4n) is 14.4. The highest BCUT2D eigenvalue weighted by Crippen LogP contribution is 2.65. The van der Waals surface area contributed by atoms with Crippen LogP contribution in [0.4, 0.5) is 0 Å². The smallest absolute Gasteiger partial charge is 0.0975 e. The van der Waals surface area contributed by atoms with Crippen LogP contribution in [0.2, 0.25) is 0 Å². The molecular weight excluding hydrogens is 765 g/mol. The summed E-state index contributed by atoms with van der Waals surface area (Å²) < 4.78 is 0. The standard InChI is InChI=1S/C59H40N4/c1-3-11-45-39(9-1)40-10-2-4-12-46(40)59(45)47-29-37(53-51-35-15-13-33(27-35)49(51)43-23-17-31-7-5-25-60-55(31)57(43)62-53)19-21-41(47)42-22-20-38(30-48(42)59)54-52-36-16-14-34(28-36)50(52)44-24-18-32-8-6-26-61-56(32)58(44)63-54/h1-12,17-26,29-30,33-36H,13-16,27-28H2. The van der Waals surface area contributed by atoms with Crippen molar-refractivity contribution in [2.24, 2.45) is 0 Å². The maximum atomic E-state index is 5.72. The number of rotatable bonds is 2. The summed E-state index contributed by atoms with van der Waals surface area (Å²) >= 11 is 0. The van der Waals surface area contributed by atoms with Crippen molar-refractivity contribution in [1.82, 2.24) is 19.9 Å². The molecule has 4 nitrogen and oxygen atoms in total. The molecule has 63 heavy (non-hydrogen) atoms. The van der Waals surface area contributed by atoms with Crippen LogP contribution in [0.25, 0.3) is 88.4 Å². The Bertz CT molecular complexity index is 3500. The van der Waals surface area contributed by atoms with Gasteiger partial charge in [-0.25, -0.2) is 9.97 Å². The second-order valence-corrected chi connectivity index (χ2v) is 19.4. The summed E-state index contributed by atoms with van der Waals surface area (Å²) in [6.07, 6.45) is 11.3. The second kappa shape index (κ2) is 11.7. The summed E-state index contributed by atoms with van der Waals surface area (Å²) in [6.45, 7) is 0. The van der Waals surface area contributed by atoms with Gasteiger partial charge in [0.25, 0.3) is 0 Å². The van der Waals surface area contributed by atoms with Gasteiger partial charge in [-0.15, -0.1) is 0 Å². The predicted octanol–water partition coefficient (Wildman–Crippen LogP) is 14.3. The van der Waals surface area contributed by atoms with Crippen molar-refractivity contribution in [1.29, 1.82) is 0 Å². The molecule has 0 aliphatic heterocycles. The zero-order valence-corrected chi connectivity index (χ0v) is 34.7. The van der Waals surface area contributed by atoms with Gasteiger partial charge in [-0.05, 0) is 153 Å². The van der Waals surface area contributed by atoms with Gasteiger partial charge in [-0.2, -0.15) is 0 Å². The van der Waals surface area contributed by atoms with E-state index in [0.29, 0.717) is 23.7 Å². The highest BCUT2D eigenvalue weighted by atomic mass is 14.8. The van der Waals surface area contributed by atoms with Crippen molar-refractivity contribution < 1.29 is 0 Å². The van der Waals surface area contributed by atoms with Crippen LogP contribution >= 0.6 is 0 Å². The average Bonchev–Trinajstić information content (AvgIpc) is 4.22. The molecule has 4 atom stereocenters. The van der Waals surface area contributed by atoms with Crippen LogP contribution < -0.4 is 0 Å². The van der Waals surface area contributed by atoms with Crippen LogP contribution in [0.1, 0.15) is 107 Å². The van der Waals surface area contributed by atoms with Crippen LogP contribution in [0.5, 0.6) is 0 Å². The third-order valence-corrected chi connectivity index (χ3v) is 16.7. The van der Waals surface area contributed by atoms with Crippen molar-refractivity contribution in [3.63, 3.8) is 0 Å². The predicted molar refractivity (Wildman–Crippen MR) is 253 cm³/mol. The lowest BCUT2D eigenvalue weighted by molar-refractivity contribution is 0.720. The van der Waals surface area contributed by atoms with Gasteiger partial charge in [0.15, 0.2) is 0 Å². The molecule has 0 radical (unpaired) electrons. The molecule has 2 fully saturated rings. The van der Waals surface area contributed by atoms with Crippen molar-refractivity contribution in [3.8, 4) is 44.8 Å². The van der Waals surface area contributed by atoms with Crippen LogP contribution in [0.3, 0.4) is 0 Å². The summed E-state index contributed by atoms with van der Waals surface area (Å²) in [7, 11) is 0. The Hall–Kier alpha value is -7.04. The van der Waals surface area contributed by atoms with E-state index in [2.05, 4.69) is 121 Å². The Morgan fingerprint density at radius 3 is 1.32 bits per heavy atom. The molecule has 4 bridgehead atoms. The quantitative estimate of drug-likeness (QED) is 0.163. The first-order valence-corrected chi connectivity index (χ1v) is 23.1. The number of benzene rings is 6. The van der Waals surface area contributed by atoms with Crippen molar-refractivity contribution in [2.75, 3.05) is 0 Å². The molecule has 6 aromatic carbocycles. The molecule has 4 unspecified atom stereocenters. The van der Waals surface area contributed by atoms with E-state index >= 15 is 0 Å². The minimum atomic E-state index is -0.509. The van der Waals surface area contributed by atoms with E-state index in [-0.39, 0.29) is 0 Å². The van der Waals surface area contributed by atoms with Crippen molar-refractivity contribution >= 4 is 43.6 Å². The first-order valence-electron chi connectivity index (χ1n) is 23.1. The summed E-state index contributed by atoms with van der Waals surface area (Å²) in [5.74, 6) is 2.26. The number of hydrogen-bond acceptors (Lipinski definition) is 4. The Morgan fingerprint density at radius 2 is 0.825 bits per heavy atom. The molecule has 296 valence electrons. The van der Waals surface area contributed by atoms with Crippen molar-refractivity contribution in [2.45, 2.75) is 67.6 Å². The van der Waals surface area contributed by atoms with Gasteiger partial charge in [0.1, 0.15) is 0 Å². The van der Waals surface area contributed by atoms with E-state index in [0.717, 1.165) is 44.2 Å². The highest BCUT2D eigenvalue weighted by Gasteiger charge is 2.52. The zero-order chi connectivity index (χ0) is 40.7. The molecule has 16 rings (SSSR count). The number of aromatic nitrogens is 4. The van der Waals surface area contributed by atoms with Crippen LogP contribution in [-0.2, 0) is 5.41 Å². The molecule has 6 aliphatic rings. The molecule has 0 amide bonds. The molecule has 1 spiro atoms. The van der Waals surface area contributed by atoms with Crippen LogP contribution in [0, 0.1) is 0 Å². The van der Waals surface area contributed by atoms with Gasteiger partial charge in [-0.1, -0.05) is 109 Å². The summed E-state index contributed by atoms with van der Waals surface area (Å²) in [6, 6.07) is 50.7. The molecule has 6 aliphatic carbocycles. The van der Waals surface area contributed by atoms with Gasteiger partial charge >= 0.3 is 0 Å². The van der Waals surface area contributed by atoms with E-state index in [4.69, 9.17) is 19.9 Å². The number of hydrogen-bond donors (Lipinski definition) is 0. The SMILES string of the molecule is c1ccc2c(c1)-c1ccccc1C21c2cc(-c3nc4c(ccc5cccnc54)c4c3C3CCC4C3)ccc2-c2ccc(-c3nc4c(ccc5cccnc54)c4c3C3CCC4C3)cc21. The largest absolute Gasteiger partial charge is 0.254 e. The number of pyridine rings is 4. The Labute approximate surface area is 364 Å². The average molecular weight is 805 g/mol. The minimum Gasteiger partial charge on any atom is -0.254 e. The Kier molecular flexibility index (Phi) is 6.23. The van der Waals surface area contributed by atoms with E-state index in [9.17, 15) is 0 Å². The summed E-state index contributed by atoms with van der Waals surface area (Å²) in [4.78, 5) is 21.3. The van der Waals surface area contributed by atoms with E-state index in [1.165, 1.54) is 127 Å². The van der Waals surface area contributed by atoms with Crippen LogP contribution in [0.15, 0.2) is 146 Å². The highest BCUT2D eigenvalue weighted by molar-refractivity contribution is 6.08. The summed E-state index contributed by atoms with van der Waals surface area (Å²) in [5.41, 5.74) is 25.0. The van der Waals surface area contributed by atoms with Gasteiger partial charge in [0.2, 0.25) is 0 Å². The monoisotopic (exact) mass is 804 g/mol. The van der Waals surface area contributed by atoms with Gasteiger partial charge in [0, 0.05) is 45.1 Å². The summed E-state index contributed by atoms with van der Waals surface area (Å²) in [5, 5.41) is 4.89. The molecule has 4 heterocycles. The fourth-order valence-corrected chi connectivity index (χ4v) is 14.4. The normalized spacial score (nSPS) is 21.1. The third kappa shape index (κ3) is 4.06. The fraction of sp³-hybridized carbons (Fsp3) is 0.186. The lowest BCUT2D eigenvalue weighted by atomic mass is 9.70. The molecule has 0 saturated heterocycles. The molecule has 2 saturated carbocycles. The van der Waals surface area contributed by atoms with E-state index in [1.807, 2.05) is 24.5 Å².